The molecule has 0 aliphatic rings. The van der Waals surface area contributed by atoms with Gasteiger partial charge in [0, 0.05) is 20.9 Å². The molecule has 6 aromatic carbocycles. The molecule has 0 aliphatic carbocycles. The van der Waals surface area contributed by atoms with Gasteiger partial charge in [-0.05, 0) is 75.8 Å². The number of aromatic nitrogens is 1. The number of nitrogens with zero attached hydrogens (tertiary/aromatic N) is 1. The van der Waals surface area contributed by atoms with Gasteiger partial charge in [0.05, 0.1) is 11.0 Å². The predicted molar refractivity (Wildman–Crippen MR) is 165 cm³/mol. The van der Waals surface area contributed by atoms with Gasteiger partial charge in [-0.3, -0.25) is 0 Å². The summed E-state index contributed by atoms with van der Waals surface area (Å²) >= 11 is 3.51. The van der Waals surface area contributed by atoms with E-state index in [-0.39, 0.29) is 0 Å². The van der Waals surface area contributed by atoms with Crippen LogP contribution in [0.5, 0.6) is 0 Å². The Bertz CT molecular complexity index is 1880. The van der Waals surface area contributed by atoms with Crippen molar-refractivity contribution >= 4 is 37.7 Å². The molecule has 0 saturated heterocycles. The number of benzene rings is 6. The highest BCUT2D eigenvalue weighted by molar-refractivity contribution is 9.10. The van der Waals surface area contributed by atoms with E-state index in [1.54, 1.807) is 0 Å². The zero-order valence-corrected chi connectivity index (χ0v) is 22.3. The first kappa shape index (κ1) is 22.8. The van der Waals surface area contributed by atoms with Gasteiger partial charge in [0.15, 0.2) is 0 Å². The fourth-order valence-corrected chi connectivity index (χ4v) is 5.62. The van der Waals surface area contributed by atoms with E-state index in [1.807, 2.05) is 0 Å². The topological polar surface area (TPSA) is 4.93 Å². The van der Waals surface area contributed by atoms with Crippen molar-refractivity contribution in [1.82, 2.24) is 4.57 Å². The van der Waals surface area contributed by atoms with E-state index < -0.39 is 0 Å². The second-order valence-electron chi connectivity index (χ2n) is 9.58. The monoisotopic (exact) mass is 549 g/mol. The van der Waals surface area contributed by atoms with E-state index in [0.717, 1.165) is 4.47 Å². The summed E-state index contributed by atoms with van der Waals surface area (Å²) in [7, 11) is 0. The average molecular weight is 550 g/mol. The fraction of sp³-hybridized carbons (Fsp3) is 0. The molecule has 0 spiro atoms. The zero-order chi connectivity index (χ0) is 25.5. The Labute approximate surface area is 230 Å². The second kappa shape index (κ2) is 9.48. The summed E-state index contributed by atoms with van der Waals surface area (Å²) < 4.78 is 3.45. The summed E-state index contributed by atoms with van der Waals surface area (Å²) in [6.45, 7) is 0. The molecule has 0 amide bonds. The number of fused-ring (bicyclic) bond motifs is 3. The van der Waals surface area contributed by atoms with Crippen LogP contribution in [0.3, 0.4) is 0 Å². The molecule has 7 rings (SSSR count). The SMILES string of the molecule is Brc1ccc(-c2ccc(-c3ccc(-c4ccc5c(c4)c4ccccc4n5-c4ccccc4)cc3)cc2)cc1. The van der Waals surface area contributed by atoms with Gasteiger partial charge < -0.3 is 4.57 Å². The van der Waals surface area contributed by atoms with Crippen LogP contribution in [0.25, 0.3) is 60.9 Å². The molecule has 0 radical (unpaired) electrons. The van der Waals surface area contributed by atoms with Crippen molar-refractivity contribution in [1.29, 1.82) is 0 Å². The van der Waals surface area contributed by atoms with Crippen molar-refractivity contribution in [3.05, 3.63) is 150 Å². The molecule has 180 valence electrons. The van der Waals surface area contributed by atoms with Crippen LogP contribution in [0.2, 0.25) is 0 Å². The van der Waals surface area contributed by atoms with Gasteiger partial charge >= 0.3 is 0 Å². The summed E-state index contributed by atoms with van der Waals surface area (Å²) in [6.07, 6.45) is 0. The van der Waals surface area contributed by atoms with Gasteiger partial charge in [-0.25, -0.2) is 0 Å². The normalized spacial score (nSPS) is 11.3. The lowest BCUT2D eigenvalue weighted by molar-refractivity contribution is 1.18. The lowest BCUT2D eigenvalue weighted by atomic mass is 9.97. The maximum Gasteiger partial charge on any atom is 0.0541 e. The smallest absolute Gasteiger partial charge is 0.0541 e. The van der Waals surface area contributed by atoms with Crippen molar-refractivity contribution in [3.63, 3.8) is 0 Å². The molecule has 38 heavy (non-hydrogen) atoms. The van der Waals surface area contributed by atoms with E-state index in [1.165, 1.54) is 60.9 Å². The minimum Gasteiger partial charge on any atom is -0.309 e. The van der Waals surface area contributed by atoms with E-state index in [0.29, 0.717) is 0 Å². The van der Waals surface area contributed by atoms with Crippen LogP contribution in [-0.4, -0.2) is 4.57 Å². The molecule has 0 saturated carbocycles. The molecule has 0 unspecified atom stereocenters. The first-order valence-electron chi connectivity index (χ1n) is 12.8. The van der Waals surface area contributed by atoms with E-state index in [9.17, 15) is 0 Å². The average Bonchev–Trinajstić information content (AvgIpc) is 3.32. The predicted octanol–water partition coefficient (Wildman–Crippen LogP) is 10.5. The Morgan fingerprint density at radius 3 is 1.42 bits per heavy atom. The third-order valence-electron chi connectivity index (χ3n) is 7.30. The van der Waals surface area contributed by atoms with Crippen LogP contribution < -0.4 is 0 Å². The number of halogens is 1. The molecule has 0 fully saturated rings. The highest BCUT2D eigenvalue weighted by Crippen LogP contribution is 2.35. The van der Waals surface area contributed by atoms with E-state index in [2.05, 4.69) is 166 Å². The summed E-state index contributed by atoms with van der Waals surface area (Å²) in [5, 5.41) is 2.55. The van der Waals surface area contributed by atoms with Crippen LogP contribution in [0, 0.1) is 0 Å². The van der Waals surface area contributed by atoms with Crippen LogP contribution in [0.4, 0.5) is 0 Å². The van der Waals surface area contributed by atoms with Gasteiger partial charge in [-0.1, -0.05) is 119 Å². The lowest BCUT2D eigenvalue weighted by Gasteiger charge is -2.09. The number of rotatable bonds is 4. The zero-order valence-electron chi connectivity index (χ0n) is 20.7. The van der Waals surface area contributed by atoms with Crippen molar-refractivity contribution in [2.75, 3.05) is 0 Å². The van der Waals surface area contributed by atoms with Crippen LogP contribution in [-0.2, 0) is 0 Å². The summed E-state index contributed by atoms with van der Waals surface area (Å²) in [6, 6.07) is 52.3. The Balaban J connectivity index is 1.23. The van der Waals surface area contributed by atoms with Crippen molar-refractivity contribution in [2.45, 2.75) is 0 Å². The molecule has 0 atom stereocenters. The van der Waals surface area contributed by atoms with E-state index in [4.69, 9.17) is 0 Å². The number of hydrogen-bond donors (Lipinski definition) is 0. The molecular weight excluding hydrogens is 526 g/mol. The largest absolute Gasteiger partial charge is 0.309 e. The molecule has 2 heteroatoms. The quantitative estimate of drug-likeness (QED) is 0.205. The minimum absolute atomic E-state index is 1.10. The second-order valence-corrected chi connectivity index (χ2v) is 10.5. The Kier molecular flexibility index (Phi) is 5.68. The Morgan fingerprint density at radius 2 is 0.816 bits per heavy atom. The third kappa shape index (κ3) is 4.04. The molecule has 1 aromatic heterocycles. The van der Waals surface area contributed by atoms with Crippen LogP contribution >= 0.6 is 15.9 Å². The van der Waals surface area contributed by atoms with Crippen molar-refractivity contribution < 1.29 is 0 Å². The number of para-hydroxylation sites is 2. The fourth-order valence-electron chi connectivity index (χ4n) is 5.36. The summed E-state index contributed by atoms with van der Waals surface area (Å²) in [4.78, 5) is 0. The standard InChI is InChI=1S/C36H24BrN/c37-31-21-18-28(19-22-31)27-12-10-25(11-13-27)26-14-16-29(17-15-26)30-20-23-36-34(24-30)33-8-4-5-9-35(33)38(36)32-6-2-1-3-7-32/h1-24H. The molecule has 7 aromatic rings. The van der Waals surface area contributed by atoms with Gasteiger partial charge in [-0.2, -0.15) is 0 Å². The maximum absolute atomic E-state index is 3.51. The summed E-state index contributed by atoms with van der Waals surface area (Å²) in [5.74, 6) is 0. The van der Waals surface area contributed by atoms with Crippen LogP contribution in [0.15, 0.2) is 150 Å². The highest BCUT2D eigenvalue weighted by Gasteiger charge is 2.13. The van der Waals surface area contributed by atoms with Gasteiger partial charge in [0.2, 0.25) is 0 Å². The van der Waals surface area contributed by atoms with Crippen molar-refractivity contribution in [2.24, 2.45) is 0 Å². The molecule has 1 heterocycles. The molecule has 0 N–H and O–H groups in total. The molecule has 0 aliphatic heterocycles. The Morgan fingerprint density at radius 1 is 0.368 bits per heavy atom. The summed E-state index contributed by atoms with van der Waals surface area (Å²) in [5.41, 5.74) is 11.0. The van der Waals surface area contributed by atoms with Gasteiger partial charge in [0.1, 0.15) is 0 Å². The number of hydrogen-bond acceptors (Lipinski definition) is 0. The highest BCUT2D eigenvalue weighted by atomic mass is 79.9. The first-order valence-corrected chi connectivity index (χ1v) is 13.6. The minimum atomic E-state index is 1.10. The van der Waals surface area contributed by atoms with Crippen LogP contribution in [0.1, 0.15) is 0 Å². The molecule has 1 nitrogen and oxygen atoms in total. The molecule has 0 bridgehead atoms. The maximum atomic E-state index is 3.51. The van der Waals surface area contributed by atoms with E-state index >= 15 is 0 Å². The van der Waals surface area contributed by atoms with Gasteiger partial charge in [-0.15, -0.1) is 0 Å². The van der Waals surface area contributed by atoms with Gasteiger partial charge in [0.25, 0.3) is 0 Å². The first-order chi connectivity index (χ1) is 18.7. The van der Waals surface area contributed by atoms with Crippen molar-refractivity contribution in [3.8, 4) is 39.1 Å². The third-order valence-corrected chi connectivity index (χ3v) is 7.83. The lowest BCUT2D eigenvalue weighted by Crippen LogP contribution is -1.92. The molecular formula is C36H24BrN. The Hall–Kier alpha value is -4.40.